The number of hydrogen-bond acceptors (Lipinski definition) is 3. The first kappa shape index (κ1) is 15.7. The summed E-state index contributed by atoms with van der Waals surface area (Å²) in [6.07, 6.45) is 2.45. The first-order valence-electron chi connectivity index (χ1n) is 6.80. The standard InChI is InChI=1S/C15H17BrFN3O/c1-3-7-20-15(21)14(16)13(9-18-20)19-10(2)11-5-4-6-12(17)8-11/h4-6,8-10,19H,3,7H2,1-2H3. The molecule has 21 heavy (non-hydrogen) atoms. The molecule has 0 aliphatic rings. The maximum atomic E-state index is 13.2. The van der Waals surface area contributed by atoms with E-state index < -0.39 is 0 Å². The van der Waals surface area contributed by atoms with Gasteiger partial charge in [-0.3, -0.25) is 4.79 Å². The van der Waals surface area contributed by atoms with Crippen molar-refractivity contribution in [2.24, 2.45) is 0 Å². The Morgan fingerprint density at radius 2 is 2.24 bits per heavy atom. The third-order valence-electron chi connectivity index (χ3n) is 3.14. The molecule has 1 aromatic heterocycles. The average molecular weight is 354 g/mol. The van der Waals surface area contributed by atoms with Crippen molar-refractivity contribution in [2.45, 2.75) is 32.9 Å². The van der Waals surface area contributed by atoms with Crippen LogP contribution in [0.5, 0.6) is 0 Å². The van der Waals surface area contributed by atoms with Gasteiger partial charge in [-0.05, 0) is 47.0 Å². The molecular formula is C15H17BrFN3O. The Balaban J connectivity index is 2.24. The van der Waals surface area contributed by atoms with E-state index in [2.05, 4.69) is 26.3 Å². The second kappa shape index (κ2) is 6.85. The van der Waals surface area contributed by atoms with Gasteiger partial charge in [-0.2, -0.15) is 5.10 Å². The van der Waals surface area contributed by atoms with E-state index >= 15 is 0 Å². The van der Waals surface area contributed by atoms with Crippen LogP contribution in [0.3, 0.4) is 0 Å². The van der Waals surface area contributed by atoms with E-state index in [1.165, 1.54) is 16.8 Å². The van der Waals surface area contributed by atoms with E-state index in [0.29, 0.717) is 16.7 Å². The lowest BCUT2D eigenvalue weighted by molar-refractivity contribution is 0.565. The molecule has 0 saturated heterocycles. The molecule has 1 unspecified atom stereocenters. The Hall–Kier alpha value is -1.69. The van der Waals surface area contributed by atoms with Crippen molar-refractivity contribution < 1.29 is 4.39 Å². The summed E-state index contributed by atoms with van der Waals surface area (Å²) in [5.74, 6) is -0.281. The van der Waals surface area contributed by atoms with Gasteiger partial charge in [0.15, 0.2) is 0 Å². The molecule has 1 N–H and O–H groups in total. The minimum Gasteiger partial charge on any atom is -0.376 e. The highest BCUT2D eigenvalue weighted by Gasteiger charge is 2.12. The lowest BCUT2D eigenvalue weighted by Crippen LogP contribution is -2.24. The molecule has 0 aliphatic heterocycles. The molecule has 1 heterocycles. The maximum absolute atomic E-state index is 13.2. The minimum absolute atomic E-state index is 0.139. The predicted octanol–water partition coefficient (Wildman–Crippen LogP) is 3.73. The molecule has 112 valence electrons. The third kappa shape index (κ3) is 3.69. The van der Waals surface area contributed by atoms with Crippen LogP contribution in [0, 0.1) is 5.82 Å². The molecule has 2 rings (SSSR count). The van der Waals surface area contributed by atoms with Crippen LogP contribution in [-0.2, 0) is 6.54 Å². The topological polar surface area (TPSA) is 46.9 Å². The van der Waals surface area contributed by atoms with Gasteiger partial charge in [0.2, 0.25) is 0 Å². The van der Waals surface area contributed by atoms with Crippen molar-refractivity contribution in [3.05, 3.63) is 56.7 Å². The van der Waals surface area contributed by atoms with Gasteiger partial charge in [0, 0.05) is 12.6 Å². The summed E-state index contributed by atoms with van der Waals surface area (Å²) >= 11 is 3.31. The summed E-state index contributed by atoms with van der Waals surface area (Å²) in [5, 5.41) is 7.31. The fourth-order valence-corrected chi connectivity index (χ4v) is 2.45. The third-order valence-corrected chi connectivity index (χ3v) is 3.91. The summed E-state index contributed by atoms with van der Waals surface area (Å²) in [7, 11) is 0. The fourth-order valence-electron chi connectivity index (χ4n) is 2.03. The molecule has 0 spiro atoms. The van der Waals surface area contributed by atoms with E-state index in [0.717, 1.165) is 12.0 Å². The minimum atomic E-state index is -0.281. The zero-order chi connectivity index (χ0) is 15.4. The number of halogens is 2. The van der Waals surface area contributed by atoms with Crippen molar-refractivity contribution in [3.8, 4) is 0 Å². The van der Waals surface area contributed by atoms with Gasteiger partial charge >= 0.3 is 0 Å². The molecule has 1 atom stereocenters. The number of aromatic nitrogens is 2. The number of nitrogens with one attached hydrogen (secondary N) is 1. The molecule has 0 bridgehead atoms. The van der Waals surface area contributed by atoms with Gasteiger partial charge in [0.1, 0.15) is 10.3 Å². The molecular weight excluding hydrogens is 337 g/mol. The zero-order valence-electron chi connectivity index (χ0n) is 11.9. The number of anilines is 1. The van der Waals surface area contributed by atoms with Crippen LogP contribution in [-0.4, -0.2) is 9.78 Å². The molecule has 2 aromatic rings. The van der Waals surface area contributed by atoms with Gasteiger partial charge in [-0.15, -0.1) is 0 Å². The Labute approximate surface area is 131 Å². The van der Waals surface area contributed by atoms with Crippen LogP contribution < -0.4 is 10.9 Å². The monoisotopic (exact) mass is 353 g/mol. The van der Waals surface area contributed by atoms with Crippen LogP contribution in [0.4, 0.5) is 10.1 Å². The van der Waals surface area contributed by atoms with Crippen molar-refractivity contribution in [3.63, 3.8) is 0 Å². The summed E-state index contributed by atoms with van der Waals surface area (Å²) in [6, 6.07) is 6.23. The highest BCUT2D eigenvalue weighted by atomic mass is 79.9. The van der Waals surface area contributed by atoms with Crippen molar-refractivity contribution >= 4 is 21.6 Å². The number of aryl methyl sites for hydroxylation is 1. The van der Waals surface area contributed by atoms with E-state index in [9.17, 15) is 9.18 Å². The van der Waals surface area contributed by atoms with E-state index in [-0.39, 0.29) is 17.4 Å². The summed E-state index contributed by atoms with van der Waals surface area (Å²) in [5.41, 5.74) is 1.23. The molecule has 0 saturated carbocycles. The molecule has 6 heteroatoms. The van der Waals surface area contributed by atoms with Gasteiger partial charge in [-0.25, -0.2) is 9.07 Å². The number of benzene rings is 1. The molecule has 0 radical (unpaired) electrons. The molecule has 0 amide bonds. The lowest BCUT2D eigenvalue weighted by Gasteiger charge is -2.17. The van der Waals surface area contributed by atoms with Crippen molar-refractivity contribution in [1.29, 1.82) is 0 Å². The van der Waals surface area contributed by atoms with E-state index in [4.69, 9.17) is 0 Å². The SMILES string of the molecule is CCCn1ncc(NC(C)c2cccc(F)c2)c(Br)c1=O. The highest BCUT2D eigenvalue weighted by molar-refractivity contribution is 9.10. The maximum Gasteiger partial charge on any atom is 0.283 e. The fraction of sp³-hybridized carbons (Fsp3) is 0.333. The molecule has 0 fully saturated rings. The van der Waals surface area contributed by atoms with Crippen LogP contribution in [0.25, 0.3) is 0 Å². The molecule has 0 aliphatic carbocycles. The largest absolute Gasteiger partial charge is 0.376 e. The first-order chi connectivity index (χ1) is 10.0. The van der Waals surface area contributed by atoms with Crippen LogP contribution in [0.15, 0.2) is 39.7 Å². The number of nitrogens with zero attached hydrogens (tertiary/aromatic N) is 2. The van der Waals surface area contributed by atoms with Gasteiger partial charge in [-0.1, -0.05) is 19.1 Å². The number of rotatable bonds is 5. The smallest absolute Gasteiger partial charge is 0.283 e. The molecule has 4 nitrogen and oxygen atoms in total. The van der Waals surface area contributed by atoms with Crippen LogP contribution >= 0.6 is 15.9 Å². The lowest BCUT2D eigenvalue weighted by atomic mass is 10.1. The van der Waals surface area contributed by atoms with E-state index in [1.54, 1.807) is 12.3 Å². The summed E-state index contributed by atoms with van der Waals surface area (Å²) in [4.78, 5) is 12.1. The first-order valence-corrected chi connectivity index (χ1v) is 7.59. The van der Waals surface area contributed by atoms with E-state index in [1.807, 2.05) is 19.9 Å². The van der Waals surface area contributed by atoms with Gasteiger partial charge in [0.05, 0.1) is 11.9 Å². The van der Waals surface area contributed by atoms with Gasteiger partial charge < -0.3 is 5.32 Å². The second-order valence-corrected chi connectivity index (χ2v) is 5.61. The summed E-state index contributed by atoms with van der Waals surface area (Å²) < 4.78 is 15.1. The predicted molar refractivity (Wildman–Crippen MR) is 84.9 cm³/mol. The normalized spacial score (nSPS) is 12.2. The Morgan fingerprint density at radius 1 is 1.48 bits per heavy atom. The van der Waals surface area contributed by atoms with Crippen molar-refractivity contribution in [2.75, 3.05) is 5.32 Å². The average Bonchev–Trinajstić information content (AvgIpc) is 2.47. The molecule has 1 aromatic carbocycles. The second-order valence-electron chi connectivity index (χ2n) is 4.82. The summed E-state index contributed by atoms with van der Waals surface area (Å²) in [6.45, 7) is 4.47. The van der Waals surface area contributed by atoms with Crippen LogP contribution in [0.1, 0.15) is 31.9 Å². The highest BCUT2D eigenvalue weighted by Crippen LogP contribution is 2.23. The Kier molecular flexibility index (Phi) is 5.12. The Bertz CT molecular complexity index is 687. The van der Waals surface area contributed by atoms with Crippen molar-refractivity contribution in [1.82, 2.24) is 9.78 Å². The number of hydrogen-bond donors (Lipinski definition) is 1. The van der Waals surface area contributed by atoms with Gasteiger partial charge in [0.25, 0.3) is 5.56 Å². The Morgan fingerprint density at radius 3 is 2.90 bits per heavy atom. The zero-order valence-corrected chi connectivity index (χ0v) is 13.5. The van der Waals surface area contributed by atoms with Crippen LogP contribution in [0.2, 0.25) is 0 Å². The quantitative estimate of drug-likeness (QED) is 0.890.